The number of aliphatic hydroxyl groups is 1. The van der Waals surface area contributed by atoms with Crippen LogP contribution in [0.4, 0.5) is 5.69 Å². The molecular weight excluding hydrogens is 276 g/mol. The second-order valence-corrected chi connectivity index (χ2v) is 6.04. The number of aryl methyl sites for hydroxylation is 3. The van der Waals surface area contributed by atoms with E-state index < -0.39 is 6.10 Å². The molecule has 0 aromatic heterocycles. The van der Waals surface area contributed by atoms with Gasteiger partial charge in [0, 0.05) is 12.2 Å². The highest BCUT2D eigenvalue weighted by molar-refractivity contribution is 5.93. The highest BCUT2D eigenvalue weighted by Crippen LogP contribution is 2.21. The molecule has 1 aromatic rings. The third kappa shape index (κ3) is 6.00. The molecule has 0 aliphatic heterocycles. The zero-order chi connectivity index (χ0) is 16.7. The minimum Gasteiger partial charge on any atom is -0.392 e. The molecule has 0 saturated heterocycles. The Balaban J connectivity index is 2.54. The van der Waals surface area contributed by atoms with Gasteiger partial charge in [-0.3, -0.25) is 9.69 Å². The lowest BCUT2D eigenvalue weighted by Gasteiger charge is -2.20. The Labute approximate surface area is 133 Å². The molecule has 1 unspecified atom stereocenters. The molecule has 0 saturated carbocycles. The average Bonchev–Trinajstić information content (AvgIpc) is 2.40. The maximum atomic E-state index is 12.2. The largest absolute Gasteiger partial charge is 0.392 e. The van der Waals surface area contributed by atoms with Crippen molar-refractivity contribution in [2.24, 2.45) is 0 Å². The van der Waals surface area contributed by atoms with E-state index in [1.165, 1.54) is 5.56 Å². The van der Waals surface area contributed by atoms with Crippen molar-refractivity contribution in [1.82, 2.24) is 4.90 Å². The minimum absolute atomic E-state index is 0.0616. The number of rotatable bonds is 8. The van der Waals surface area contributed by atoms with E-state index in [2.05, 4.69) is 24.0 Å². The number of allylic oxidation sites excluding steroid dienone is 1. The number of hydrogen-bond donors (Lipinski definition) is 2. The number of amides is 1. The van der Waals surface area contributed by atoms with Crippen LogP contribution in [0.3, 0.4) is 0 Å². The Kier molecular flexibility index (Phi) is 7.28. The summed E-state index contributed by atoms with van der Waals surface area (Å²) in [5, 5.41) is 12.8. The van der Waals surface area contributed by atoms with Crippen LogP contribution < -0.4 is 5.32 Å². The zero-order valence-corrected chi connectivity index (χ0v) is 14.1. The molecule has 122 valence electrons. The van der Waals surface area contributed by atoms with Crippen LogP contribution >= 0.6 is 0 Å². The van der Waals surface area contributed by atoms with Gasteiger partial charge in [-0.15, -0.1) is 6.58 Å². The Morgan fingerprint density at radius 3 is 2.50 bits per heavy atom. The Morgan fingerprint density at radius 1 is 1.36 bits per heavy atom. The highest BCUT2D eigenvalue weighted by Gasteiger charge is 2.13. The van der Waals surface area contributed by atoms with Crippen LogP contribution in [-0.4, -0.2) is 42.2 Å². The van der Waals surface area contributed by atoms with E-state index in [1.54, 1.807) is 6.08 Å². The molecule has 0 radical (unpaired) electrons. The van der Waals surface area contributed by atoms with Crippen molar-refractivity contribution in [3.63, 3.8) is 0 Å². The molecule has 1 rings (SSSR count). The number of hydrogen-bond acceptors (Lipinski definition) is 3. The van der Waals surface area contributed by atoms with Gasteiger partial charge >= 0.3 is 0 Å². The fourth-order valence-electron chi connectivity index (χ4n) is 2.63. The van der Waals surface area contributed by atoms with Gasteiger partial charge in [0.15, 0.2) is 0 Å². The molecule has 1 atom stereocenters. The third-order valence-corrected chi connectivity index (χ3v) is 3.58. The summed E-state index contributed by atoms with van der Waals surface area (Å²) in [6.45, 7) is 10.4. The summed E-state index contributed by atoms with van der Waals surface area (Å²) in [6, 6.07) is 4.12. The number of carbonyl (C=O) groups excluding carboxylic acids is 1. The quantitative estimate of drug-likeness (QED) is 0.726. The van der Waals surface area contributed by atoms with Crippen molar-refractivity contribution in [3.8, 4) is 0 Å². The van der Waals surface area contributed by atoms with E-state index >= 15 is 0 Å². The van der Waals surface area contributed by atoms with Crippen LogP contribution in [0.5, 0.6) is 0 Å². The van der Waals surface area contributed by atoms with Crippen molar-refractivity contribution in [1.29, 1.82) is 0 Å². The normalized spacial score (nSPS) is 12.3. The molecule has 0 fully saturated rings. The van der Waals surface area contributed by atoms with Crippen LogP contribution in [0.2, 0.25) is 0 Å². The lowest BCUT2D eigenvalue weighted by atomic mass is 10.1. The summed E-state index contributed by atoms with van der Waals surface area (Å²) in [5.74, 6) is -0.0616. The number of carbonyl (C=O) groups is 1. The molecule has 22 heavy (non-hydrogen) atoms. The smallest absolute Gasteiger partial charge is 0.238 e. The number of benzene rings is 1. The Morgan fingerprint density at radius 2 is 1.95 bits per heavy atom. The SMILES string of the molecule is C=CCCC(O)CN(C)CC(=O)Nc1c(C)cc(C)cc1C. The summed E-state index contributed by atoms with van der Waals surface area (Å²) < 4.78 is 0. The number of nitrogens with one attached hydrogen (secondary N) is 1. The predicted molar refractivity (Wildman–Crippen MR) is 92.2 cm³/mol. The van der Waals surface area contributed by atoms with Crippen LogP contribution in [-0.2, 0) is 4.79 Å². The molecule has 4 heteroatoms. The van der Waals surface area contributed by atoms with Gasteiger partial charge in [-0.05, 0) is 51.8 Å². The van der Waals surface area contributed by atoms with E-state index in [9.17, 15) is 9.90 Å². The number of likely N-dealkylation sites (N-methyl/N-ethyl adjacent to an activating group) is 1. The van der Waals surface area contributed by atoms with E-state index in [4.69, 9.17) is 0 Å². The molecule has 0 aliphatic carbocycles. The average molecular weight is 304 g/mol. The van der Waals surface area contributed by atoms with Crippen molar-refractivity contribution in [2.75, 3.05) is 25.5 Å². The van der Waals surface area contributed by atoms with Crippen LogP contribution in [0, 0.1) is 20.8 Å². The molecule has 0 bridgehead atoms. The summed E-state index contributed by atoms with van der Waals surface area (Å²) >= 11 is 0. The van der Waals surface area contributed by atoms with Crippen molar-refractivity contribution >= 4 is 11.6 Å². The van der Waals surface area contributed by atoms with Gasteiger partial charge in [-0.2, -0.15) is 0 Å². The van der Waals surface area contributed by atoms with E-state index in [0.29, 0.717) is 13.0 Å². The molecule has 0 aliphatic rings. The second-order valence-electron chi connectivity index (χ2n) is 6.04. The minimum atomic E-state index is -0.432. The van der Waals surface area contributed by atoms with E-state index in [-0.39, 0.29) is 12.5 Å². The number of anilines is 1. The van der Waals surface area contributed by atoms with Crippen molar-refractivity contribution < 1.29 is 9.90 Å². The highest BCUT2D eigenvalue weighted by atomic mass is 16.3. The second kappa shape index (κ2) is 8.71. The van der Waals surface area contributed by atoms with E-state index in [0.717, 1.165) is 23.2 Å². The van der Waals surface area contributed by atoms with E-state index in [1.807, 2.05) is 32.7 Å². The lowest BCUT2D eigenvalue weighted by molar-refractivity contribution is -0.117. The summed E-state index contributed by atoms with van der Waals surface area (Å²) in [7, 11) is 1.84. The maximum absolute atomic E-state index is 12.2. The first-order valence-corrected chi connectivity index (χ1v) is 7.68. The molecule has 4 nitrogen and oxygen atoms in total. The first kappa shape index (κ1) is 18.4. The first-order valence-electron chi connectivity index (χ1n) is 7.68. The number of nitrogens with zero attached hydrogens (tertiary/aromatic N) is 1. The summed E-state index contributed by atoms with van der Waals surface area (Å²) in [5.41, 5.74) is 4.21. The standard InChI is InChI=1S/C18H28N2O2/c1-6-7-8-16(21)11-20(5)12-17(22)19-18-14(3)9-13(2)10-15(18)4/h6,9-10,16,21H,1,7-8,11-12H2,2-5H3,(H,19,22). The lowest BCUT2D eigenvalue weighted by Crippen LogP contribution is -2.35. The van der Waals surface area contributed by atoms with Crippen LogP contribution in [0.25, 0.3) is 0 Å². The van der Waals surface area contributed by atoms with Gasteiger partial charge in [-0.1, -0.05) is 23.8 Å². The molecule has 0 spiro atoms. The predicted octanol–water partition coefficient (Wildman–Crippen LogP) is 2.81. The van der Waals surface area contributed by atoms with Crippen molar-refractivity contribution in [3.05, 3.63) is 41.5 Å². The fraction of sp³-hybridized carbons (Fsp3) is 0.500. The van der Waals surface area contributed by atoms with Gasteiger partial charge in [0.2, 0.25) is 5.91 Å². The molecular formula is C18H28N2O2. The monoisotopic (exact) mass is 304 g/mol. The van der Waals surface area contributed by atoms with Crippen molar-refractivity contribution in [2.45, 2.75) is 39.7 Å². The van der Waals surface area contributed by atoms with Gasteiger partial charge in [0.05, 0.1) is 12.6 Å². The fourth-order valence-corrected chi connectivity index (χ4v) is 2.63. The van der Waals surface area contributed by atoms with Gasteiger partial charge < -0.3 is 10.4 Å². The molecule has 1 aromatic carbocycles. The molecule has 1 amide bonds. The molecule has 2 N–H and O–H groups in total. The van der Waals surface area contributed by atoms with Crippen LogP contribution in [0.15, 0.2) is 24.8 Å². The Hall–Kier alpha value is -1.65. The maximum Gasteiger partial charge on any atom is 0.238 e. The van der Waals surface area contributed by atoms with Gasteiger partial charge in [0.25, 0.3) is 0 Å². The van der Waals surface area contributed by atoms with Gasteiger partial charge in [-0.25, -0.2) is 0 Å². The molecule has 0 heterocycles. The van der Waals surface area contributed by atoms with Gasteiger partial charge in [0.1, 0.15) is 0 Å². The summed E-state index contributed by atoms with van der Waals surface area (Å²) in [6.07, 6.45) is 2.81. The summed E-state index contributed by atoms with van der Waals surface area (Å²) in [4.78, 5) is 14.0. The first-order chi connectivity index (χ1) is 10.3. The van der Waals surface area contributed by atoms with Crippen LogP contribution in [0.1, 0.15) is 29.5 Å². The zero-order valence-electron chi connectivity index (χ0n) is 14.1. The topological polar surface area (TPSA) is 52.6 Å². The Bertz CT molecular complexity index is 503. The number of aliphatic hydroxyl groups excluding tert-OH is 1. The third-order valence-electron chi connectivity index (χ3n) is 3.58.